The van der Waals surface area contributed by atoms with E-state index in [0.717, 1.165) is 29.7 Å². The summed E-state index contributed by atoms with van der Waals surface area (Å²) in [6, 6.07) is 13.1. The zero-order valence-corrected chi connectivity index (χ0v) is 14.9. The lowest BCUT2D eigenvalue weighted by molar-refractivity contribution is 0.0730. The van der Waals surface area contributed by atoms with Crippen LogP contribution in [-0.4, -0.2) is 41.5 Å². The smallest absolute Gasteiger partial charge is 0.254 e. The van der Waals surface area contributed by atoms with Gasteiger partial charge >= 0.3 is 0 Å². The Hall–Kier alpha value is -3.02. The van der Waals surface area contributed by atoms with Crippen LogP contribution >= 0.6 is 0 Å². The minimum atomic E-state index is -0.0490. The lowest BCUT2D eigenvalue weighted by atomic mass is 10.1. The summed E-state index contributed by atoms with van der Waals surface area (Å²) in [4.78, 5) is 23.1. The van der Waals surface area contributed by atoms with Crippen LogP contribution in [0.25, 0.3) is 11.0 Å². The van der Waals surface area contributed by atoms with Crippen molar-refractivity contribution in [2.24, 2.45) is 0 Å². The third-order valence-corrected chi connectivity index (χ3v) is 4.84. The van der Waals surface area contributed by atoms with Gasteiger partial charge in [-0.05, 0) is 37.1 Å². The summed E-state index contributed by atoms with van der Waals surface area (Å²) < 4.78 is 10.6. The first-order chi connectivity index (χ1) is 12.7. The average molecular weight is 351 g/mol. The van der Waals surface area contributed by atoms with Crippen molar-refractivity contribution in [2.45, 2.75) is 18.9 Å². The van der Waals surface area contributed by atoms with Gasteiger partial charge in [-0.2, -0.15) is 0 Å². The van der Waals surface area contributed by atoms with Gasteiger partial charge < -0.3 is 19.4 Å². The number of aromatic nitrogens is 2. The molecule has 6 heteroatoms. The van der Waals surface area contributed by atoms with Crippen molar-refractivity contribution in [1.82, 2.24) is 14.9 Å². The van der Waals surface area contributed by atoms with E-state index in [0.29, 0.717) is 23.6 Å². The molecule has 6 nitrogen and oxygen atoms in total. The van der Waals surface area contributed by atoms with Gasteiger partial charge in [-0.25, -0.2) is 4.98 Å². The Balaban J connectivity index is 1.66. The zero-order chi connectivity index (χ0) is 18.1. The van der Waals surface area contributed by atoms with Crippen molar-refractivity contribution < 1.29 is 14.3 Å². The summed E-state index contributed by atoms with van der Waals surface area (Å²) in [6.45, 7) is 0.708. The van der Waals surface area contributed by atoms with Crippen LogP contribution in [0.5, 0.6) is 11.5 Å². The number of aromatic amines is 1. The molecule has 2 aromatic carbocycles. The second kappa shape index (κ2) is 6.71. The fourth-order valence-electron chi connectivity index (χ4n) is 3.52. The molecule has 1 aliphatic rings. The van der Waals surface area contributed by atoms with E-state index < -0.39 is 0 Å². The number of nitrogens with one attached hydrogen (secondary N) is 1. The Bertz CT molecular complexity index is 895. The third kappa shape index (κ3) is 2.87. The minimum absolute atomic E-state index is 0.0369. The molecule has 1 aliphatic heterocycles. The van der Waals surface area contributed by atoms with Crippen molar-refractivity contribution in [3.05, 3.63) is 53.9 Å². The number of ether oxygens (including phenoxy) is 2. The molecule has 2 heterocycles. The highest BCUT2D eigenvalue weighted by molar-refractivity contribution is 5.95. The van der Waals surface area contributed by atoms with E-state index >= 15 is 0 Å². The van der Waals surface area contributed by atoms with Crippen LogP contribution in [0.2, 0.25) is 0 Å². The molecular weight excluding hydrogens is 330 g/mol. The van der Waals surface area contributed by atoms with Gasteiger partial charge in [-0.1, -0.05) is 12.1 Å². The van der Waals surface area contributed by atoms with Crippen LogP contribution in [0.1, 0.15) is 35.1 Å². The lowest BCUT2D eigenvalue weighted by Crippen LogP contribution is -2.31. The van der Waals surface area contributed by atoms with Crippen LogP contribution in [0.4, 0.5) is 0 Å². The van der Waals surface area contributed by atoms with Crippen molar-refractivity contribution >= 4 is 16.9 Å². The fraction of sp³-hybridized carbons (Fsp3) is 0.300. The summed E-state index contributed by atoms with van der Waals surface area (Å²) in [7, 11) is 3.16. The molecule has 1 amide bonds. The standard InChI is InChI=1S/C20H21N3O3/c1-25-14-10-13(11-15(12-14)26-2)20(24)23-9-5-8-18(23)19-21-16-6-3-4-7-17(16)22-19/h3-4,6-7,10-12,18H,5,8-9H2,1-2H3,(H,21,22)/t18-/m1/s1. The number of para-hydroxylation sites is 2. The second-order valence-electron chi connectivity index (χ2n) is 6.40. The van der Waals surface area contributed by atoms with Crippen molar-refractivity contribution in [3.8, 4) is 11.5 Å². The van der Waals surface area contributed by atoms with Gasteiger partial charge in [0.15, 0.2) is 0 Å². The molecule has 1 atom stereocenters. The average Bonchev–Trinajstić information content (AvgIpc) is 3.33. The second-order valence-corrected chi connectivity index (χ2v) is 6.40. The number of carbonyl (C=O) groups is 1. The summed E-state index contributed by atoms with van der Waals surface area (Å²) >= 11 is 0. The largest absolute Gasteiger partial charge is 0.497 e. The van der Waals surface area contributed by atoms with E-state index in [2.05, 4.69) is 9.97 Å². The first-order valence-corrected chi connectivity index (χ1v) is 8.68. The fourth-order valence-corrected chi connectivity index (χ4v) is 3.52. The van der Waals surface area contributed by atoms with Crippen LogP contribution in [-0.2, 0) is 0 Å². The maximum Gasteiger partial charge on any atom is 0.254 e. The van der Waals surface area contributed by atoms with Gasteiger partial charge in [-0.3, -0.25) is 4.79 Å². The predicted octanol–water partition coefficient (Wildman–Crippen LogP) is 3.56. The van der Waals surface area contributed by atoms with Crippen molar-refractivity contribution in [3.63, 3.8) is 0 Å². The summed E-state index contributed by atoms with van der Waals surface area (Å²) in [5, 5.41) is 0. The maximum absolute atomic E-state index is 13.2. The van der Waals surface area contributed by atoms with Gasteiger partial charge in [0.1, 0.15) is 17.3 Å². The Morgan fingerprint density at radius 2 is 1.88 bits per heavy atom. The number of amides is 1. The summed E-state index contributed by atoms with van der Waals surface area (Å²) in [5.41, 5.74) is 2.47. The molecule has 26 heavy (non-hydrogen) atoms. The monoisotopic (exact) mass is 351 g/mol. The molecule has 0 bridgehead atoms. The molecule has 1 N–H and O–H groups in total. The number of benzene rings is 2. The van der Waals surface area contributed by atoms with E-state index in [4.69, 9.17) is 9.47 Å². The molecule has 3 aromatic rings. The molecule has 0 saturated carbocycles. The van der Waals surface area contributed by atoms with Crippen LogP contribution in [0, 0.1) is 0 Å². The third-order valence-electron chi connectivity index (χ3n) is 4.84. The molecule has 4 rings (SSSR count). The molecule has 1 saturated heterocycles. The number of nitrogens with zero attached hydrogens (tertiary/aromatic N) is 2. The molecule has 0 aliphatic carbocycles. The molecule has 134 valence electrons. The van der Waals surface area contributed by atoms with Crippen LogP contribution in [0.3, 0.4) is 0 Å². The summed E-state index contributed by atoms with van der Waals surface area (Å²) in [5.74, 6) is 2.01. The van der Waals surface area contributed by atoms with Gasteiger partial charge in [0.2, 0.25) is 0 Å². The number of likely N-dealkylation sites (tertiary alicyclic amines) is 1. The van der Waals surface area contributed by atoms with E-state index in [9.17, 15) is 4.79 Å². The highest BCUT2D eigenvalue weighted by atomic mass is 16.5. The molecule has 1 fully saturated rings. The van der Waals surface area contributed by atoms with E-state index in [1.165, 1.54) is 0 Å². The van der Waals surface area contributed by atoms with Gasteiger partial charge in [-0.15, -0.1) is 0 Å². The number of fused-ring (bicyclic) bond motifs is 1. The SMILES string of the molecule is COc1cc(OC)cc(C(=O)N2CCC[C@@H]2c2nc3ccccc3[nH]2)c1. The molecule has 1 aromatic heterocycles. The Labute approximate surface area is 151 Å². The van der Waals surface area contributed by atoms with Crippen LogP contribution < -0.4 is 9.47 Å². The minimum Gasteiger partial charge on any atom is -0.497 e. The predicted molar refractivity (Wildman–Crippen MR) is 98.7 cm³/mol. The topological polar surface area (TPSA) is 67.5 Å². The van der Waals surface area contributed by atoms with Crippen LogP contribution in [0.15, 0.2) is 42.5 Å². The Morgan fingerprint density at radius 3 is 2.58 bits per heavy atom. The number of H-pyrrole nitrogens is 1. The number of imidazole rings is 1. The van der Waals surface area contributed by atoms with E-state index in [1.54, 1.807) is 32.4 Å². The molecular formula is C20H21N3O3. The Kier molecular flexibility index (Phi) is 4.24. The number of hydrogen-bond acceptors (Lipinski definition) is 4. The molecule has 0 spiro atoms. The van der Waals surface area contributed by atoms with Crippen molar-refractivity contribution in [1.29, 1.82) is 0 Å². The highest BCUT2D eigenvalue weighted by Crippen LogP contribution is 2.34. The summed E-state index contributed by atoms with van der Waals surface area (Å²) in [6.07, 6.45) is 1.85. The number of hydrogen-bond donors (Lipinski definition) is 1. The molecule has 0 radical (unpaired) electrons. The van der Waals surface area contributed by atoms with Gasteiger partial charge in [0.25, 0.3) is 5.91 Å². The number of rotatable bonds is 4. The van der Waals surface area contributed by atoms with Gasteiger partial charge in [0, 0.05) is 18.2 Å². The van der Waals surface area contributed by atoms with Crippen molar-refractivity contribution in [2.75, 3.05) is 20.8 Å². The Morgan fingerprint density at radius 1 is 1.15 bits per heavy atom. The van der Waals surface area contributed by atoms with E-state index in [-0.39, 0.29) is 11.9 Å². The first kappa shape index (κ1) is 16.4. The molecule has 0 unspecified atom stereocenters. The number of carbonyl (C=O) groups excluding carboxylic acids is 1. The maximum atomic E-state index is 13.2. The normalized spacial score (nSPS) is 16.8. The quantitative estimate of drug-likeness (QED) is 0.780. The zero-order valence-electron chi connectivity index (χ0n) is 14.9. The highest BCUT2D eigenvalue weighted by Gasteiger charge is 2.33. The lowest BCUT2D eigenvalue weighted by Gasteiger charge is -2.23. The number of methoxy groups -OCH3 is 2. The first-order valence-electron chi connectivity index (χ1n) is 8.68. The van der Waals surface area contributed by atoms with Gasteiger partial charge in [0.05, 0.1) is 31.3 Å². The van der Waals surface area contributed by atoms with E-state index in [1.807, 2.05) is 29.2 Å².